The van der Waals surface area contributed by atoms with Gasteiger partial charge in [0.2, 0.25) is 0 Å². The number of carbonyl (C=O) groups excluding carboxylic acids is 1. The summed E-state index contributed by atoms with van der Waals surface area (Å²) in [7, 11) is 0. The first-order valence-corrected chi connectivity index (χ1v) is 9.54. The summed E-state index contributed by atoms with van der Waals surface area (Å²) >= 11 is 0. The topological polar surface area (TPSA) is 80.4 Å². The number of carboxylic acid groups (broad SMARTS) is 1. The van der Waals surface area contributed by atoms with E-state index in [4.69, 9.17) is 5.73 Å². The van der Waals surface area contributed by atoms with E-state index in [1.54, 1.807) is 0 Å². The second-order valence-electron chi connectivity index (χ2n) is 9.00. The molecular formula is C20H29NO3. The van der Waals surface area contributed by atoms with Gasteiger partial charge in [-0.15, -0.1) is 0 Å². The van der Waals surface area contributed by atoms with Gasteiger partial charge in [-0.1, -0.05) is 25.5 Å². The number of hydrogen-bond donors (Lipinski definition) is 2. The number of carbonyl (C=O) groups is 2. The normalized spacial score (nSPS) is 50.5. The molecule has 0 heterocycles. The van der Waals surface area contributed by atoms with Crippen molar-refractivity contribution in [3.63, 3.8) is 0 Å². The van der Waals surface area contributed by atoms with Gasteiger partial charge in [-0.2, -0.15) is 0 Å². The van der Waals surface area contributed by atoms with E-state index in [1.165, 1.54) is 5.57 Å². The van der Waals surface area contributed by atoms with Crippen molar-refractivity contribution >= 4 is 11.8 Å². The van der Waals surface area contributed by atoms with Gasteiger partial charge in [0.25, 0.3) is 0 Å². The largest absolute Gasteiger partial charge is 0.481 e. The summed E-state index contributed by atoms with van der Waals surface area (Å²) in [6.07, 6.45) is 8.44. The molecule has 4 aliphatic rings. The molecular weight excluding hydrogens is 302 g/mol. The molecule has 0 aromatic heterocycles. The summed E-state index contributed by atoms with van der Waals surface area (Å²) in [5, 5.41) is 9.59. The van der Waals surface area contributed by atoms with Crippen molar-refractivity contribution in [3.8, 4) is 0 Å². The van der Waals surface area contributed by atoms with Crippen LogP contribution in [0, 0.1) is 35.0 Å². The first kappa shape index (κ1) is 16.3. The van der Waals surface area contributed by atoms with Crippen LogP contribution in [0.1, 0.15) is 58.8 Å². The van der Waals surface area contributed by atoms with Gasteiger partial charge in [0.15, 0.2) is 0 Å². The summed E-state index contributed by atoms with van der Waals surface area (Å²) in [6.45, 7) is 4.42. The van der Waals surface area contributed by atoms with Crippen molar-refractivity contribution in [2.45, 2.75) is 64.3 Å². The predicted octanol–water partition coefficient (Wildman–Crippen LogP) is 3.16. The maximum Gasteiger partial charge on any atom is 0.308 e. The molecule has 4 rings (SSSR count). The lowest BCUT2D eigenvalue weighted by Crippen LogP contribution is -2.60. The Morgan fingerprint density at radius 1 is 1.25 bits per heavy atom. The Balaban J connectivity index is 1.69. The highest BCUT2D eigenvalue weighted by molar-refractivity contribution is 5.85. The Morgan fingerprint density at radius 2 is 2.00 bits per heavy atom. The monoisotopic (exact) mass is 331 g/mol. The van der Waals surface area contributed by atoms with E-state index in [1.807, 2.05) is 0 Å². The molecule has 4 aliphatic carbocycles. The molecule has 0 aromatic carbocycles. The van der Waals surface area contributed by atoms with E-state index in [0.717, 1.165) is 38.5 Å². The minimum Gasteiger partial charge on any atom is -0.481 e. The van der Waals surface area contributed by atoms with E-state index in [2.05, 4.69) is 19.9 Å². The zero-order valence-electron chi connectivity index (χ0n) is 14.8. The molecule has 0 bridgehead atoms. The van der Waals surface area contributed by atoms with Gasteiger partial charge < -0.3 is 10.8 Å². The van der Waals surface area contributed by atoms with E-state index < -0.39 is 11.5 Å². The molecule has 3 fully saturated rings. The number of hydrogen-bond acceptors (Lipinski definition) is 3. The summed E-state index contributed by atoms with van der Waals surface area (Å²) in [5.41, 5.74) is 7.67. The molecule has 4 nitrogen and oxygen atoms in total. The van der Waals surface area contributed by atoms with Gasteiger partial charge in [-0.25, -0.2) is 0 Å². The summed E-state index contributed by atoms with van der Waals surface area (Å²) in [4.78, 5) is 23.8. The van der Waals surface area contributed by atoms with E-state index in [0.29, 0.717) is 30.0 Å². The highest BCUT2D eigenvalue weighted by Gasteiger charge is 2.61. The fourth-order valence-electron chi connectivity index (χ4n) is 6.97. The average Bonchev–Trinajstić information content (AvgIpc) is 2.89. The van der Waals surface area contributed by atoms with Crippen LogP contribution in [0.3, 0.4) is 0 Å². The lowest BCUT2D eigenvalue weighted by molar-refractivity contribution is -0.145. The van der Waals surface area contributed by atoms with Crippen LogP contribution in [0.4, 0.5) is 0 Å². The van der Waals surface area contributed by atoms with Crippen molar-refractivity contribution in [3.05, 3.63) is 11.6 Å². The molecule has 0 spiro atoms. The number of nitrogens with two attached hydrogens (primary N) is 1. The number of rotatable bonds is 1. The number of Topliss-reactive ketones (excluding diaryl/α,β-unsaturated/α-hetero) is 1. The van der Waals surface area contributed by atoms with Gasteiger partial charge in [-0.05, 0) is 61.7 Å². The minimum absolute atomic E-state index is 0.0598. The molecule has 1 unspecified atom stereocenters. The fraction of sp³-hybridized carbons (Fsp3) is 0.800. The van der Waals surface area contributed by atoms with Crippen LogP contribution in [-0.4, -0.2) is 22.4 Å². The highest BCUT2D eigenvalue weighted by Crippen LogP contribution is 2.63. The highest BCUT2D eigenvalue weighted by atomic mass is 16.4. The third-order valence-electron chi connectivity index (χ3n) is 8.25. The zero-order valence-corrected chi connectivity index (χ0v) is 14.8. The summed E-state index contributed by atoms with van der Waals surface area (Å²) in [5.74, 6) is 0.712. The number of ketones is 1. The molecule has 0 saturated heterocycles. The molecule has 3 N–H and O–H groups in total. The van der Waals surface area contributed by atoms with Crippen molar-refractivity contribution in [2.24, 2.45) is 40.7 Å². The Morgan fingerprint density at radius 3 is 2.71 bits per heavy atom. The molecule has 0 aliphatic heterocycles. The van der Waals surface area contributed by atoms with Crippen molar-refractivity contribution in [1.82, 2.24) is 0 Å². The van der Waals surface area contributed by atoms with E-state index >= 15 is 0 Å². The lowest BCUT2D eigenvalue weighted by atomic mass is 9.48. The number of aliphatic carboxylic acids is 1. The second-order valence-corrected chi connectivity index (χ2v) is 9.00. The third kappa shape index (κ3) is 1.95. The number of allylic oxidation sites excluding steroid dienone is 2. The SMILES string of the molecule is CC1C(=O)CC[C@@]2(C)C1=CC[C@H]1[C@@H]3CC[C@H](C(=O)O)[C@@]3(N)CC[C@@H]12. The van der Waals surface area contributed by atoms with Crippen LogP contribution in [-0.2, 0) is 9.59 Å². The third-order valence-corrected chi connectivity index (χ3v) is 8.25. The van der Waals surface area contributed by atoms with Gasteiger partial charge in [0.1, 0.15) is 5.78 Å². The number of carboxylic acids is 1. The van der Waals surface area contributed by atoms with Gasteiger partial charge in [0, 0.05) is 17.9 Å². The molecule has 3 saturated carbocycles. The standard InChI is InChI=1S/C20H29NO3/c1-11-13-4-3-12-14(19(13,2)9-8-17(11)22)7-10-20(21)15(12)5-6-16(20)18(23)24/h4,11-12,14-16H,3,5-10,21H2,1-2H3,(H,23,24)/t11?,12-,14+,15+,16-,19+,20-/m1/s1. The Hall–Kier alpha value is -1.16. The lowest BCUT2D eigenvalue weighted by Gasteiger charge is -2.57. The van der Waals surface area contributed by atoms with Crippen molar-refractivity contribution < 1.29 is 14.7 Å². The quantitative estimate of drug-likeness (QED) is 0.723. The molecule has 4 heteroatoms. The van der Waals surface area contributed by atoms with Gasteiger partial charge in [0.05, 0.1) is 5.92 Å². The maximum absolute atomic E-state index is 12.2. The van der Waals surface area contributed by atoms with E-state index in [9.17, 15) is 14.7 Å². The Labute approximate surface area is 143 Å². The summed E-state index contributed by atoms with van der Waals surface area (Å²) in [6, 6.07) is 0. The van der Waals surface area contributed by atoms with Crippen molar-refractivity contribution in [2.75, 3.05) is 0 Å². The second kappa shape index (κ2) is 5.17. The van der Waals surface area contributed by atoms with Crippen molar-refractivity contribution in [1.29, 1.82) is 0 Å². The average molecular weight is 331 g/mol. The Bertz CT molecular complexity index is 626. The molecule has 7 atom stereocenters. The minimum atomic E-state index is -0.714. The molecule has 0 radical (unpaired) electrons. The van der Waals surface area contributed by atoms with Gasteiger partial charge >= 0.3 is 5.97 Å². The smallest absolute Gasteiger partial charge is 0.308 e. The van der Waals surface area contributed by atoms with Crippen LogP contribution in [0.25, 0.3) is 0 Å². The Kier molecular flexibility index (Phi) is 3.51. The van der Waals surface area contributed by atoms with Crippen LogP contribution in [0.15, 0.2) is 11.6 Å². The zero-order chi connectivity index (χ0) is 17.3. The molecule has 0 amide bonds. The van der Waals surface area contributed by atoms with Crippen LogP contribution >= 0.6 is 0 Å². The predicted molar refractivity (Wildman–Crippen MR) is 91.2 cm³/mol. The maximum atomic E-state index is 12.2. The van der Waals surface area contributed by atoms with E-state index in [-0.39, 0.29) is 17.3 Å². The van der Waals surface area contributed by atoms with Gasteiger partial charge in [-0.3, -0.25) is 9.59 Å². The fourth-order valence-corrected chi connectivity index (χ4v) is 6.97. The first-order chi connectivity index (χ1) is 11.3. The van der Waals surface area contributed by atoms with Crippen LogP contribution < -0.4 is 5.73 Å². The van der Waals surface area contributed by atoms with Crippen LogP contribution in [0.5, 0.6) is 0 Å². The molecule has 132 valence electrons. The molecule has 0 aromatic rings. The summed E-state index contributed by atoms with van der Waals surface area (Å²) < 4.78 is 0. The van der Waals surface area contributed by atoms with Crippen LogP contribution in [0.2, 0.25) is 0 Å². The molecule has 24 heavy (non-hydrogen) atoms. The number of fused-ring (bicyclic) bond motifs is 5. The first-order valence-electron chi connectivity index (χ1n) is 9.54.